The van der Waals surface area contributed by atoms with Gasteiger partial charge >= 0.3 is 0 Å². The van der Waals surface area contributed by atoms with Crippen LogP contribution in [0.2, 0.25) is 0 Å². The molecule has 2 atom stereocenters. The largest absolute Gasteiger partial charge is 0.0625 e. The van der Waals surface area contributed by atoms with Gasteiger partial charge in [0, 0.05) is 0 Å². The summed E-state index contributed by atoms with van der Waals surface area (Å²) < 4.78 is 0. The minimum atomic E-state index is 0.627. The highest BCUT2D eigenvalue weighted by atomic mass is 14.6. The van der Waals surface area contributed by atoms with Crippen LogP contribution >= 0.6 is 0 Å². The molecule has 1 fully saturated rings. The zero-order valence-corrected chi connectivity index (χ0v) is 10.4. The molecule has 0 spiro atoms. The topological polar surface area (TPSA) is 0 Å². The summed E-state index contributed by atoms with van der Waals surface area (Å²) >= 11 is 0. The Morgan fingerprint density at radius 2 is 1.15 bits per heavy atom. The molecule has 0 heterocycles. The zero-order chi connectivity index (χ0) is 10.4. The van der Waals surface area contributed by atoms with Crippen LogP contribution in [0.1, 0.15) is 48.5 Å². The van der Waals surface area contributed by atoms with Crippen molar-refractivity contribution < 1.29 is 0 Å². The van der Waals surface area contributed by atoms with Gasteiger partial charge in [0.05, 0.1) is 0 Å². The molecule has 0 amide bonds. The second-order valence-corrected chi connectivity index (χ2v) is 5.96. The first kappa shape index (κ1) is 11.1. The third-order valence-corrected chi connectivity index (χ3v) is 4.76. The van der Waals surface area contributed by atoms with Gasteiger partial charge in [0.25, 0.3) is 0 Å². The molecule has 1 rings (SSSR count). The van der Waals surface area contributed by atoms with Gasteiger partial charge in [0.1, 0.15) is 0 Å². The monoisotopic (exact) mass is 182 g/mol. The van der Waals surface area contributed by atoms with Crippen molar-refractivity contribution in [2.75, 3.05) is 0 Å². The lowest BCUT2D eigenvalue weighted by atomic mass is 9.73. The Morgan fingerprint density at radius 1 is 0.846 bits per heavy atom. The second kappa shape index (κ2) is 3.29. The molecule has 0 nitrogen and oxygen atoms in total. The van der Waals surface area contributed by atoms with E-state index in [4.69, 9.17) is 0 Å². The van der Waals surface area contributed by atoms with E-state index >= 15 is 0 Å². The summed E-state index contributed by atoms with van der Waals surface area (Å²) in [5.41, 5.74) is 0.627. The van der Waals surface area contributed by atoms with Crippen LogP contribution in [-0.2, 0) is 0 Å². The highest BCUT2D eigenvalue weighted by Gasteiger charge is 2.60. The second-order valence-electron chi connectivity index (χ2n) is 5.96. The van der Waals surface area contributed by atoms with E-state index in [0.29, 0.717) is 5.41 Å². The molecule has 1 aliphatic rings. The molecule has 0 aromatic carbocycles. The van der Waals surface area contributed by atoms with Gasteiger partial charge in [-0.3, -0.25) is 0 Å². The lowest BCUT2D eigenvalue weighted by Crippen LogP contribution is -2.26. The highest BCUT2D eigenvalue weighted by molar-refractivity contribution is 5.07. The molecule has 1 aliphatic carbocycles. The summed E-state index contributed by atoms with van der Waals surface area (Å²) in [4.78, 5) is 0. The van der Waals surface area contributed by atoms with E-state index in [-0.39, 0.29) is 0 Å². The molecule has 0 aromatic heterocycles. The Kier molecular flexibility index (Phi) is 2.81. The van der Waals surface area contributed by atoms with E-state index in [1.807, 2.05) is 0 Å². The molecule has 0 aromatic rings. The van der Waals surface area contributed by atoms with Gasteiger partial charge in [-0.05, 0) is 35.0 Å². The summed E-state index contributed by atoms with van der Waals surface area (Å²) in [6.45, 7) is 16.9. The molecular formula is C13H26. The maximum absolute atomic E-state index is 2.49. The van der Waals surface area contributed by atoms with Gasteiger partial charge in [-0.25, -0.2) is 0 Å². The maximum atomic E-state index is 2.49. The third-order valence-electron chi connectivity index (χ3n) is 4.76. The summed E-state index contributed by atoms with van der Waals surface area (Å²) in [7, 11) is 0. The predicted octanol–water partition coefficient (Wildman–Crippen LogP) is 4.21. The fourth-order valence-corrected chi connectivity index (χ4v) is 3.83. The van der Waals surface area contributed by atoms with Gasteiger partial charge in [-0.1, -0.05) is 48.5 Å². The molecule has 0 N–H and O–H groups in total. The summed E-state index contributed by atoms with van der Waals surface area (Å²) in [6.07, 6.45) is 0. The molecule has 13 heavy (non-hydrogen) atoms. The van der Waals surface area contributed by atoms with Crippen molar-refractivity contribution in [2.24, 2.45) is 35.0 Å². The van der Waals surface area contributed by atoms with Crippen LogP contribution < -0.4 is 0 Å². The predicted molar refractivity (Wildman–Crippen MR) is 59.6 cm³/mol. The van der Waals surface area contributed by atoms with Gasteiger partial charge < -0.3 is 0 Å². The fourth-order valence-electron chi connectivity index (χ4n) is 3.83. The van der Waals surface area contributed by atoms with E-state index in [1.165, 1.54) is 0 Å². The van der Waals surface area contributed by atoms with Crippen LogP contribution in [0.15, 0.2) is 0 Å². The number of hydrogen-bond acceptors (Lipinski definition) is 0. The van der Waals surface area contributed by atoms with Crippen LogP contribution in [-0.4, -0.2) is 0 Å². The van der Waals surface area contributed by atoms with Gasteiger partial charge in [0.15, 0.2) is 0 Å². The van der Waals surface area contributed by atoms with Crippen molar-refractivity contribution in [3.05, 3.63) is 0 Å². The van der Waals surface area contributed by atoms with Crippen LogP contribution in [0.4, 0.5) is 0 Å². The first-order valence-corrected chi connectivity index (χ1v) is 5.83. The summed E-state index contributed by atoms with van der Waals surface area (Å²) in [5, 5.41) is 0. The molecule has 0 radical (unpaired) electrons. The summed E-state index contributed by atoms with van der Waals surface area (Å²) in [5.74, 6) is 4.43. The van der Waals surface area contributed by atoms with Crippen molar-refractivity contribution in [2.45, 2.75) is 48.5 Å². The molecule has 1 saturated carbocycles. The molecular weight excluding hydrogens is 156 g/mol. The van der Waals surface area contributed by atoms with Crippen LogP contribution in [0, 0.1) is 35.0 Å². The maximum Gasteiger partial charge on any atom is -0.0236 e. The molecule has 0 saturated heterocycles. The Morgan fingerprint density at radius 3 is 1.23 bits per heavy atom. The van der Waals surface area contributed by atoms with Crippen molar-refractivity contribution in [1.82, 2.24) is 0 Å². The quantitative estimate of drug-likeness (QED) is 0.613. The average molecular weight is 182 g/mol. The molecule has 0 aliphatic heterocycles. The molecule has 0 heteroatoms. The minimum Gasteiger partial charge on any atom is -0.0625 e. The van der Waals surface area contributed by atoms with E-state index < -0.39 is 0 Å². The highest BCUT2D eigenvalue weighted by Crippen LogP contribution is 2.65. The van der Waals surface area contributed by atoms with E-state index in [1.54, 1.807) is 0 Å². The van der Waals surface area contributed by atoms with Crippen molar-refractivity contribution in [3.8, 4) is 0 Å². The first-order valence-electron chi connectivity index (χ1n) is 5.83. The standard InChI is InChI=1S/C13H26/c1-8(2)12(9(3)4)13(7)10(5)11(13)6/h8-12H,1-7H3. The first-order chi connectivity index (χ1) is 5.83. The van der Waals surface area contributed by atoms with Crippen LogP contribution in [0.5, 0.6) is 0 Å². The van der Waals surface area contributed by atoms with E-state index in [2.05, 4.69) is 48.5 Å². The zero-order valence-electron chi connectivity index (χ0n) is 10.4. The molecule has 2 unspecified atom stereocenters. The average Bonchev–Trinajstić information content (AvgIpc) is 2.39. The van der Waals surface area contributed by atoms with E-state index in [9.17, 15) is 0 Å². The Hall–Kier alpha value is 0. The SMILES string of the molecule is CC(C)C(C(C)C)C1(C)C(C)C1C. The lowest BCUT2D eigenvalue weighted by Gasteiger charge is -2.32. The van der Waals surface area contributed by atoms with Crippen LogP contribution in [0.25, 0.3) is 0 Å². The molecule has 0 bridgehead atoms. The molecule has 78 valence electrons. The van der Waals surface area contributed by atoms with E-state index in [0.717, 1.165) is 29.6 Å². The van der Waals surface area contributed by atoms with Gasteiger partial charge in [-0.2, -0.15) is 0 Å². The smallest absolute Gasteiger partial charge is 0.0236 e. The normalized spacial score (nSPS) is 39.2. The summed E-state index contributed by atoms with van der Waals surface area (Å²) in [6, 6.07) is 0. The van der Waals surface area contributed by atoms with Crippen molar-refractivity contribution >= 4 is 0 Å². The van der Waals surface area contributed by atoms with Crippen LogP contribution in [0.3, 0.4) is 0 Å². The number of rotatable bonds is 3. The lowest BCUT2D eigenvalue weighted by molar-refractivity contribution is 0.158. The Labute approximate surface area is 84.1 Å². The minimum absolute atomic E-state index is 0.627. The fraction of sp³-hybridized carbons (Fsp3) is 1.00. The Balaban J connectivity index is 2.78. The Bertz CT molecular complexity index is 162. The van der Waals surface area contributed by atoms with Crippen molar-refractivity contribution in [3.63, 3.8) is 0 Å². The van der Waals surface area contributed by atoms with Gasteiger partial charge in [-0.15, -0.1) is 0 Å². The third kappa shape index (κ3) is 1.53. The number of hydrogen-bond donors (Lipinski definition) is 0. The van der Waals surface area contributed by atoms with Gasteiger partial charge in [0.2, 0.25) is 0 Å². The van der Waals surface area contributed by atoms with Crippen molar-refractivity contribution in [1.29, 1.82) is 0 Å².